The van der Waals surface area contributed by atoms with Crippen LogP contribution in [0.5, 0.6) is 0 Å². The molecule has 0 aliphatic rings. The van der Waals surface area contributed by atoms with Crippen molar-refractivity contribution in [1.29, 1.82) is 0 Å². The Kier molecular flexibility index (Phi) is 4.33. The van der Waals surface area contributed by atoms with Gasteiger partial charge in [-0.3, -0.25) is 4.57 Å². The zero-order valence-electron chi connectivity index (χ0n) is 12.0. The van der Waals surface area contributed by atoms with Crippen LogP contribution >= 0.6 is 11.8 Å². The number of esters is 1. The maximum absolute atomic E-state index is 13.3. The van der Waals surface area contributed by atoms with Crippen LogP contribution in [0.4, 0.5) is 8.78 Å². The van der Waals surface area contributed by atoms with Gasteiger partial charge in [-0.05, 0) is 18.2 Å². The van der Waals surface area contributed by atoms with Crippen LogP contribution in [0, 0.1) is 0 Å². The number of benzene rings is 1. The molecule has 23 heavy (non-hydrogen) atoms. The van der Waals surface area contributed by atoms with E-state index in [1.54, 1.807) is 24.3 Å². The average molecular weight is 338 g/mol. The molecule has 0 unspecified atom stereocenters. The van der Waals surface area contributed by atoms with Crippen LogP contribution in [0.25, 0.3) is 11.0 Å². The van der Waals surface area contributed by atoms with E-state index in [1.807, 2.05) is 0 Å². The SMILES string of the molecule is COC(=O)c1ccoc1CSc1nc2ccccc2n1C(F)F. The van der Waals surface area contributed by atoms with Crippen molar-refractivity contribution in [2.45, 2.75) is 17.5 Å². The summed E-state index contributed by atoms with van der Waals surface area (Å²) in [4.78, 5) is 15.8. The van der Waals surface area contributed by atoms with Gasteiger partial charge in [-0.1, -0.05) is 23.9 Å². The largest absolute Gasteiger partial charge is 0.468 e. The van der Waals surface area contributed by atoms with Crippen molar-refractivity contribution in [3.63, 3.8) is 0 Å². The van der Waals surface area contributed by atoms with Crippen LogP contribution in [-0.4, -0.2) is 22.6 Å². The minimum Gasteiger partial charge on any atom is -0.468 e. The predicted molar refractivity (Wildman–Crippen MR) is 80.6 cm³/mol. The van der Waals surface area contributed by atoms with Crippen molar-refractivity contribution >= 4 is 28.8 Å². The zero-order chi connectivity index (χ0) is 16.4. The van der Waals surface area contributed by atoms with Crippen molar-refractivity contribution in [2.75, 3.05) is 7.11 Å². The first-order chi connectivity index (χ1) is 11.1. The number of fused-ring (bicyclic) bond motifs is 1. The van der Waals surface area contributed by atoms with Gasteiger partial charge < -0.3 is 9.15 Å². The summed E-state index contributed by atoms with van der Waals surface area (Å²) < 4.78 is 37.4. The van der Waals surface area contributed by atoms with Gasteiger partial charge in [-0.25, -0.2) is 9.78 Å². The molecule has 0 atom stereocenters. The van der Waals surface area contributed by atoms with Crippen LogP contribution in [0.3, 0.4) is 0 Å². The van der Waals surface area contributed by atoms with Crippen molar-refractivity contribution in [3.05, 3.63) is 47.9 Å². The summed E-state index contributed by atoms with van der Waals surface area (Å²) in [6, 6.07) is 8.16. The molecular weight excluding hydrogens is 326 g/mol. The molecule has 0 amide bonds. The summed E-state index contributed by atoms with van der Waals surface area (Å²) in [5.74, 6) is 0.0134. The second-order valence-electron chi connectivity index (χ2n) is 4.57. The molecule has 0 bridgehead atoms. The number of aromatic nitrogens is 2. The van der Waals surface area contributed by atoms with E-state index < -0.39 is 12.5 Å². The number of furan rings is 1. The highest BCUT2D eigenvalue weighted by Gasteiger charge is 2.20. The standard InChI is InChI=1S/C15H12F2N2O3S/c1-21-13(20)9-6-7-22-12(9)8-23-15-18-10-4-2-3-5-11(10)19(15)14(16)17/h2-7,14H,8H2,1H3. The number of hydrogen-bond acceptors (Lipinski definition) is 5. The molecule has 0 spiro atoms. The lowest BCUT2D eigenvalue weighted by Crippen LogP contribution is -2.03. The molecule has 3 aromatic rings. The van der Waals surface area contributed by atoms with Gasteiger partial charge >= 0.3 is 12.5 Å². The molecule has 1 aromatic carbocycles. The molecule has 0 aliphatic carbocycles. The van der Waals surface area contributed by atoms with Gasteiger partial charge in [0.25, 0.3) is 0 Å². The van der Waals surface area contributed by atoms with Crippen LogP contribution in [0.1, 0.15) is 22.7 Å². The molecule has 0 radical (unpaired) electrons. The third-order valence-electron chi connectivity index (χ3n) is 3.24. The lowest BCUT2D eigenvalue weighted by atomic mass is 10.3. The molecule has 8 heteroatoms. The Bertz CT molecular complexity index is 844. The molecule has 120 valence electrons. The van der Waals surface area contributed by atoms with Gasteiger partial charge in [0, 0.05) is 0 Å². The van der Waals surface area contributed by atoms with Crippen LogP contribution < -0.4 is 0 Å². The predicted octanol–water partition coefficient (Wildman–Crippen LogP) is 4.10. The highest BCUT2D eigenvalue weighted by atomic mass is 32.2. The minimum absolute atomic E-state index is 0.161. The molecule has 2 heterocycles. The van der Waals surface area contributed by atoms with Crippen molar-refractivity contribution < 1.29 is 22.7 Å². The molecule has 3 rings (SSSR count). The Balaban J connectivity index is 1.89. The highest BCUT2D eigenvalue weighted by molar-refractivity contribution is 7.98. The normalized spacial score (nSPS) is 11.3. The van der Waals surface area contributed by atoms with Gasteiger partial charge in [-0.15, -0.1) is 0 Å². The van der Waals surface area contributed by atoms with Gasteiger partial charge in [0.1, 0.15) is 11.3 Å². The summed E-state index contributed by atoms with van der Waals surface area (Å²) >= 11 is 1.07. The molecule has 0 aliphatic heterocycles. The van der Waals surface area contributed by atoms with E-state index in [4.69, 9.17) is 4.42 Å². The monoisotopic (exact) mass is 338 g/mol. The number of carbonyl (C=O) groups excluding carboxylic acids is 1. The van der Waals surface area contributed by atoms with E-state index >= 15 is 0 Å². The van der Waals surface area contributed by atoms with Crippen molar-refractivity contribution in [3.8, 4) is 0 Å². The molecule has 5 nitrogen and oxygen atoms in total. The molecule has 0 fully saturated rings. The van der Waals surface area contributed by atoms with E-state index in [9.17, 15) is 13.6 Å². The first-order valence-corrected chi connectivity index (χ1v) is 7.63. The van der Waals surface area contributed by atoms with Gasteiger partial charge in [0.15, 0.2) is 5.16 Å². The molecule has 0 saturated carbocycles. The number of methoxy groups -OCH3 is 1. The van der Waals surface area contributed by atoms with E-state index in [0.717, 1.165) is 16.3 Å². The fraction of sp³-hybridized carbons (Fsp3) is 0.200. The Morgan fingerprint density at radius 1 is 1.39 bits per heavy atom. The van der Waals surface area contributed by atoms with E-state index in [0.29, 0.717) is 16.8 Å². The number of rotatable bonds is 5. The summed E-state index contributed by atoms with van der Waals surface area (Å²) in [5, 5.41) is 0.161. The fourth-order valence-electron chi connectivity index (χ4n) is 2.19. The summed E-state index contributed by atoms with van der Waals surface area (Å²) in [6.07, 6.45) is 1.36. The number of ether oxygens (including phenoxy) is 1. The first-order valence-electron chi connectivity index (χ1n) is 6.64. The molecular formula is C15H12F2N2O3S. The molecule has 2 aromatic heterocycles. The third kappa shape index (κ3) is 2.94. The summed E-state index contributed by atoms with van der Waals surface area (Å²) in [7, 11) is 1.27. The Morgan fingerprint density at radius 2 is 2.17 bits per heavy atom. The number of alkyl halides is 2. The van der Waals surface area contributed by atoms with Crippen LogP contribution in [0.15, 0.2) is 46.2 Å². The van der Waals surface area contributed by atoms with E-state index in [-0.39, 0.29) is 16.5 Å². The average Bonchev–Trinajstić information content (AvgIpc) is 3.15. The van der Waals surface area contributed by atoms with Gasteiger partial charge in [0.05, 0.1) is 30.2 Å². The zero-order valence-corrected chi connectivity index (χ0v) is 12.8. The Hall–Kier alpha value is -2.35. The Labute approximate surface area is 134 Å². The maximum atomic E-state index is 13.3. The molecule has 0 N–H and O–H groups in total. The smallest absolute Gasteiger partial charge is 0.341 e. The number of halogens is 2. The second-order valence-corrected chi connectivity index (χ2v) is 5.51. The lowest BCUT2D eigenvalue weighted by Gasteiger charge is -2.07. The summed E-state index contributed by atoms with van der Waals surface area (Å²) in [6.45, 7) is -2.71. The van der Waals surface area contributed by atoms with Gasteiger partial charge in [0.2, 0.25) is 0 Å². The summed E-state index contributed by atoms with van der Waals surface area (Å²) in [5.41, 5.74) is 1.13. The van der Waals surface area contributed by atoms with Crippen molar-refractivity contribution in [2.24, 2.45) is 0 Å². The lowest BCUT2D eigenvalue weighted by molar-refractivity contribution is 0.0597. The number of hydrogen-bond donors (Lipinski definition) is 0. The van der Waals surface area contributed by atoms with E-state index in [1.165, 1.54) is 19.4 Å². The third-order valence-corrected chi connectivity index (χ3v) is 4.19. The second kappa shape index (κ2) is 6.41. The number of carbonyl (C=O) groups is 1. The molecule has 0 saturated heterocycles. The van der Waals surface area contributed by atoms with E-state index in [2.05, 4.69) is 9.72 Å². The van der Waals surface area contributed by atoms with Crippen LogP contribution in [0.2, 0.25) is 0 Å². The Morgan fingerprint density at radius 3 is 2.91 bits per heavy atom. The quantitative estimate of drug-likeness (QED) is 0.518. The fourth-order valence-corrected chi connectivity index (χ4v) is 3.15. The highest BCUT2D eigenvalue weighted by Crippen LogP contribution is 2.31. The number of imidazole rings is 1. The number of para-hydroxylation sites is 2. The number of thioether (sulfide) groups is 1. The first kappa shape index (κ1) is 15.5. The maximum Gasteiger partial charge on any atom is 0.341 e. The number of nitrogens with zero attached hydrogens (tertiary/aromatic N) is 2. The minimum atomic E-state index is -2.71. The topological polar surface area (TPSA) is 57.3 Å². The van der Waals surface area contributed by atoms with Crippen LogP contribution in [-0.2, 0) is 10.5 Å². The van der Waals surface area contributed by atoms with Gasteiger partial charge in [-0.2, -0.15) is 8.78 Å². The van der Waals surface area contributed by atoms with Crippen molar-refractivity contribution in [1.82, 2.24) is 9.55 Å².